The van der Waals surface area contributed by atoms with Crippen molar-refractivity contribution in [2.75, 3.05) is 7.05 Å². The molecule has 2 aromatic rings. The van der Waals surface area contributed by atoms with Gasteiger partial charge >= 0.3 is 0 Å². The summed E-state index contributed by atoms with van der Waals surface area (Å²) in [6.45, 7) is 2.10. The van der Waals surface area contributed by atoms with Crippen LogP contribution in [0.1, 0.15) is 12.5 Å². The van der Waals surface area contributed by atoms with Crippen molar-refractivity contribution >= 4 is 21.4 Å². The van der Waals surface area contributed by atoms with Crippen LogP contribution in [0.2, 0.25) is 0 Å². The first kappa shape index (κ1) is 10.6. The molecule has 1 aromatic carbocycles. The molecule has 15 heavy (non-hydrogen) atoms. The van der Waals surface area contributed by atoms with Gasteiger partial charge in [0, 0.05) is 16.1 Å². The zero-order valence-corrected chi connectivity index (χ0v) is 9.70. The SMILES string of the molecule is CNC(C)Cc1csc2cccc(F)c12. The fourth-order valence-electron chi connectivity index (χ4n) is 1.69. The third kappa shape index (κ3) is 2.03. The van der Waals surface area contributed by atoms with E-state index in [4.69, 9.17) is 0 Å². The number of halogens is 1. The minimum Gasteiger partial charge on any atom is -0.317 e. The van der Waals surface area contributed by atoms with E-state index in [0.29, 0.717) is 6.04 Å². The van der Waals surface area contributed by atoms with Gasteiger partial charge in [-0.3, -0.25) is 0 Å². The zero-order chi connectivity index (χ0) is 10.8. The van der Waals surface area contributed by atoms with E-state index < -0.39 is 0 Å². The first-order valence-electron chi connectivity index (χ1n) is 5.04. The van der Waals surface area contributed by atoms with Crippen LogP contribution in [0, 0.1) is 5.82 Å². The Morgan fingerprint density at radius 1 is 1.47 bits per heavy atom. The maximum Gasteiger partial charge on any atom is 0.132 e. The molecule has 1 aromatic heterocycles. The molecule has 0 saturated carbocycles. The second kappa shape index (κ2) is 4.29. The van der Waals surface area contributed by atoms with Gasteiger partial charge in [0.2, 0.25) is 0 Å². The summed E-state index contributed by atoms with van der Waals surface area (Å²) >= 11 is 1.61. The quantitative estimate of drug-likeness (QED) is 0.842. The van der Waals surface area contributed by atoms with Crippen LogP contribution in [-0.2, 0) is 6.42 Å². The van der Waals surface area contributed by atoms with Gasteiger partial charge in [0.15, 0.2) is 0 Å². The second-order valence-corrected chi connectivity index (χ2v) is 4.68. The molecule has 1 nitrogen and oxygen atoms in total. The van der Waals surface area contributed by atoms with Gasteiger partial charge < -0.3 is 5.32 Å². The Morgan fingerprint density at radius 3 is 3.00 bits per heavy atom. The summed E-state index contributed by atoms with van der Waals surface area (Å²) < 4.78 is 14.7. The molecule has 0 saturated heterocycles. The van der Waals surface area contributed by atoms with Crippen LogP contribution in [0.15, 0.2) is 23.6 Å². The van der Waals surface area contributed by atoms with Crippen molar-refractivity contribution in [1.82, 2.24) is 5.32 Å². The number of thiophene rings is 1. The topological polar surface area (TPSA) is 12.0 Å². The lowest BCUT2D eigenvalue weighted by Crippen LogP contribution is -2.23. The predicted molar refractivity (Wildman–Crippen MR) is 64.0 cm³/mol. The highest BCUT2D eigenvalue weighted by molar-refractivity contribution is 7.17. The molecule has 1 N–H and O–H groups in total. The van der Waals surface area contributed by atoms with Gasteiger partial charge in [0.25, 0.3) is 0 Å². The third-order valence-electron chi connectivity index (χ3n) is 2.64. The Balaban J connectivity index is 2.43. The van der Waals surface area contributed by atoms with Gasteiger partial charge in [-0.25, -0.2) is 4.39 Å². The largest absolute Gasteiger partial charge is 0.317 e. The number of hydrogen-bond donors (Lipinski definition) is 1. The first-order valence-corrected chi connectivity index (χ1v) is 5.92. The van der Waals surface area contributed by atoms with E-state index in [1.54, 1.807) is 17.4 Å². The van der Waals surface area contributed by atoms with Crippen molar-refractivity contribution < 1.29 is 4.39 Å². The molecule has 0 radical (unpaired) electrons. The average molecular weight is 223 g/mol. The van der Waals surface area contributed by atoms with E-state index >= 15 is 0 Å². The van der Waals surface area contributed by atoms with Crippen molar-refractivity contribution in [2.24, 2.45) is 0 Å². The normalized spacial score (nSPS) is 13.3. The number of hydrogen-bond acceptors (Lipinski definition) is 2. The van der Waals surface area contributed by atoms with Gasteiger partial charge in [0.1, 0.15) is 5.82 Å². The minimum absolute atomic E-state index is 0.105. The van der Waals surface area contributed by atoms with E-state index in [-0.39, 0.29) is 5.82 Å². The van der Waals surface area contributed by atoms with Crippen LogP contribution in [0.4, 0.5) is 4.39 Å². The number of nitrogens with one attached hydrogen (secondary N) is 1. The summed E-state index contributed by atoms with van der Waals surface area (Å²) in [6, 6.07) is 5.64. The van der Waals surface area contributed by atoms with Crippen LogP contribution >= 0.6 is 11.3 Å². The third-order valence-corrected chi connectivity index (χ3v) is 3.64. The Bertz CT molecular complexity index is 464. The second-order valence-electron chi connectivity index (χ2n) is 3.77. The molecule has 0 aliphatic carbocycles. The molecular weight excluding hydrogens is 209 g/mol. The molecule has 80 valence electrons. The molecule has 0 amide bonds. The molecule has 0 bridgehead atoms. The fourth-order valence-corrected chi connectivity index (χ4v) is 2.68. The molecule has 1 heterocycles. The highest BCUT2D eigenvalue weighted by Crippen LogP contribution is 2.28. The van der Waals surface area contributed by atoms with Crippen molar-refractivity contribution in [3.63, 3.8) is 0 Å². The molecule has 0 spiro atoms. The lowest BCUT2D eigenvalue weighted by Gasteiger charge is -2.08. The number of likely N-dealkylation sites (N-methyl/N-ethyl adjacent to an activating group) is 1. The van der Waals surface area contributed by atoms with Gasteiger partial charge in [-0.05, 0) is 43.5 Å². The Morgan fingerprint density at radius 2 is 2.27 bits per heavy atom. The average Bonchev–Trinajstić information content (AvgIpc) is 2.63. The van der Waals surface area contributed by atoms with Gasteiger partial charge in [-0.1, -0.05) is 6.07 Å². The van der Waals surface area contributed by atoms with Crippen molar-refractivity contribution in [3.05, 3.63) is 35.0 Å². The van der Waals surface area contributed by atoms with Crippen molar-refractivity contribution in [2.45, 2.75) is 19.4 Å². The molecule has 1 atom stereocenters. The van der Waals surface area contributed by atoms with E-state index in [9.17, 15) is 4.39 Å². The van der Waals surface area contributed by atoms with Crippen LogP contribution < -0.4 is 5.32 Å². The predicted octanol–water partition coefficient (Wildman–Crippen LogP) is 3.19. The lowest BCUT2D eigenvalue weighted by atomic mass is 10.1. The summed E-state index contributed by atoms with van der Waals surface area (Å²) in [5.41, 5.74) is 1.11. The smallest absolute Gasteiger partial charge is 0.132 e. The summed E-state index contributed by atoms with van der Waals surface area (Å²) in [5.74, 6) is -0.105. The molecule has 0 aliphatic heterocycles. The molecule has 3 heteroatoms. The van der Waals surface area contributed by atoms with E-state index in [2.05, 4.69) is 17.6 Å². The zero-order valence-electron chi connectivity index (χ0n) is 8.88. The van der Waals surface area contributed by atoms with Crippen molar-refractivity contribution in [3.8, 4) is 0 Å². The van der Waals surface area contributed by atoms with Gasteiger partial charge in [-0.2, -0.15) is 0 Å². The fraction of sp³-hybridized carbons (Fsp3) is 0.333. The molecule has 0 aliphatic rings. The minimum atomic E-state index is -0.105. The van der Waals surface area contributed by atoms with E-state index in [0.717, 1.165) is 22.1 Å². The molecule has 2 rings (SSSR count). The maximum absolute atomic E-state index is 13.6. The first-order chi connectivity index (χ1) is 7.22. The van der Waals surface area contributed by atoms with Crippen LogP contribution in [0.25, 0.3) is 10.1 Å². The lowest BCUT2D eigenvalue weighted by molar-refractivity contribution is 0.606. The molecule has 0 fully saturated rings. The van der Waals surface area contributed by atoms with Crippen LogP contribution in [0.3, 0.4) is 0 Å². The van der Waals surface area contributed by atoms with Gasteiger partial charge in [-0.15, -0.1) is 11.3 Å². The highest BCUT2D eigenvalue weighted by Gasteiger charge is 2.10. The number of benzene rings is 1. The summed E-state index contributed by atoms with van der Waals surface area (Å²) in [7, 11) is 1.93. The number of rotatable bonds is 3. The molecular formula is C12H14FNS. The van der Waals surface area contributed by atoms with Crippen LogP contribution in [0.5, 0.6) is 0 Å². The molecule has 1 unspecified atom stereocenters. The maximum atomic E-state index is 13.6. The van der Waals surface area contributed by atoms with Crippen LogP contribution in [-0.4, -0.2) is 13.1 Å². The van der Waals surface area contributed by atoms with Gasteiger partial charge in [0.05, 0.1) is 0 Å². The van der Waals surface area contributed by atoms with E-state index in [1.165, 1.54) is 6.07 Å². The number of fused-ring (bicyclic) bond motifs is 1. The summed E-state index contributed by atoms with van der Waals surface area (Å²) in [5, 5.41) is 6.02. The van der Waals surface area contributed by atoms with E-state index in [1.807, 2.05) is 13.1 Å². The Hall–Kier alpha value is -0.930. The summed E-state index contributed by atoms with van der Waals surface area (Å²) in [4.78, 5) is 0. The standard InChI is InChI=1S/C12H14FNS/c1-8(14-2)6-9-7-15-11-5-3-4-10(13)12(9)11/h3-5,7-8,14H,6H2,1-2H3. The van der Waals surface area contributed by atoms with Crippen molar-refractivity contribution in [1.29, 1.82) is 0 Å². The Labute approximate surface area is 92.9 Å². The monoisotopic (exact) mass is 223 g/mol. The Kier molecular flexibility index (Phi) is 3.03. The summed E-state index contributed by atoms with van der Waals surface area (Å²) in [6.07, 6.45) is 0.872. The highest BCUT2D eigenvalue weighted by atomic mass is 32.1.